The minimum Gasteiger partial charge on any atom is -0.481 e. The molecule has 0 spiro atoms. The minimum absolute atomic E-state index is 0.0443. The highest BCUT2D eigenvalue weighted by molar-refractivity contribution is 5.93. The molecule has 0 bridgehead atoms. The van der Waals surface area contributed by atoms with Crippen LogP contribution in [0.5, 0.6) is 23.5 Å². The Morgan fingerprint density at radius 1 is 1.10 bits per heavy atom. The maximum Gasteiger partial charge on any atom is 0.328 e. The van der Waals surface area contributed by atoms with Gasteiger partial charge in [-0.1, -0.05) is 6.07 Å². The molecule has 1 heterocycles. The van der Waals surface area contributed by atoms with Gasteiger partial charge < -0.3 is 19.9 Å². The van der Waals surface area contributed by atoms with Gasteiger partial charge >= 0.3 is 6.01 Å². The molecular weight excluding hydrogens is 262 g/mol. The quantitative estimate of drug-likeness (QED) is 0.885. The summed E-state index contributed by atoms with van der Waals surface area (Å²) in [5.74, 6) is 0.451. The second kappa shape index (κ2) is 5.87. The Labute approximate surface area is 115 Å². The fraction of sp³-hybridized carbons (Fsp3) is 0.154. The van der Waals surface area contributed by atoms with Gasteiger partial charge in [0.1, 0.15) is 5.75 Å². The highest BCUT2D eigenvalue weighted by atomic mass is 16.5. The van der Waals surface area contributed by atoms with Crippen LogP contribution in [-0.4, -0.2) is 30.1 Å². The van der Waals surface area contributed by atoms with E-state index in [1.54, 1.807) is 18.2 Å². The van der Waals surface area contributed by atoms with Crippen LogP contribution in [0.25, 0.3) is 0 Å². The third-order valence-electron chi connectivity index (χ3n) is 2.40. The molecule has 7 nitrogen and oxygen atoms in total. The Balaban J connectivity index is 2.29. The highest BCUT2D eigenvalue weighted by Crippen LogP contribution is 2.24. The number of carbonyl (C=O) groups excluding carboxylic acids is 1. The number of benzene rings is 1. The van der Waals surface area contributed by atoms with Gasteiger partial charge in [0.2, 0.25) is 17.7 Å². The third-order valence-corrected chi connectivity index (χ3v) is 2.40. The summed E-state index contributed by atoms with van der Waals surface area (Å²) >= 11 is 0. The van der Waals surface area contributed by atoms with Gasteiger partial charge in [-0.2, -0.15) is 9.97 Å². The maximum absolute atomic E-state index is 11.1. The number of hydrogen-bond acceptors (Lipinski definition) is 6. The van der Waals surface area contributed by atoms with E-state index >= 15 is 0 Å². The Bertz CT molecular complexity index is 609. The summed E-state index contributed by atoms with van der Waals surface area (Å²) in [6.45, 7) is 0. The molecule has 0 saturated heterocycles. The summed E-state index contributed by atoms with van der Waals surface area (Å²) in [5, 5.41) is 0. The first-order valence-corrected chi connectivity index (χ1v) is 5.67. The highest BCUT2D eigenvalue weighted by Gasteiger charge is 2.09. The molecular formula is C13H13N3O4. The number of nitrogens with two attached hydrogens (primary N) is 1. The van der Waals surface area contributed by atoms with E-state index in [0.717, 1.165) is 0 Å². The number of nitrogens with zero attached hydrogens (tertiary/aromatic N) is 2. The van der Waals surface area contributed by atoms with Gasteiger partial charge in [-0.3, -0.25) is 4.79 Å². The normalized spacial score (nSPS) is 9.90. The first-order valence-electron chi connectivity index (χ1n) is 5.67. The summed E-state index contributed by atoms with van der Waals surface area (Å²) in [4.78, 5) is 19.1. The number of primary amides is 1. The van der Waals surface area contributed by atoms with Gasteiger partial charge in [-0.25, -0.2) is 0 Å². The number of methoxy groups -OCH3 is 2. The van der Waals surface area contributed by atoms with Crippen molar-refractivity contribution in [3.63, 3.8) is 0 Å². The van der Waals surface area contributed by atoms with E-state index in [1.165, 1.54) is 26.4 Å². The lowest BCUT2D eigenvalue weighted by molar-refractivity contribution is 0.1000. The third kappa shape index (κ3) is 3.14. The average molecular weight is 275 g/mol. The number of aromatic nitrogens is 2. The van der Waals surface area contributed by atoms with E-state index in [9.17, 15) is 4.79 Å². The Morgan fingerprint density at radius 3 is 2.30 bits per heavy atom. The molecule has 0 unspecified atom stereocenters. The van der Waals surface area contributed by atoms with E-state index in [0.29, 0.717) is 23.1 Å². The Morgan fingerprint density at radius 2 is 1.75 bits per heavy atom. The van der Waals surface area contributed by atoms with Crippen molar-refractivity contribution in [2.24, 2.45) is 5.73 Å². The minimum atomic E-state index is -0.542. The second-order valence-corrected chi connectivity index (χ2v) is 3.73. The standard InChI is InChI=1S/C13H13N3O4/c1-18-10-7-11(19-2)16-13(15-10)20-9-5-3-4-8(6-9)12(14)17/h3-7H,1-2H3,(H2,14,17). The number of carbonyl (C=O) groups is 1. The molecule has 1 aromatic heterocycles. The molecule has 0 aliphatic carbocycles. The lowest BCUT2D eigenvalue weighted by Gasteiger charge is -2.08. The smallest absolute Gasteiger partial charge is 0.328 e. The van der Waals surface area contributed by atoms with Crippen molar-refractivity contribution in [2.45, 2.75) is 0 Å². The molecule has 0 aliphatic heterocycles. The van der Waals surface area contributed by atoms with Crippen molar-refractivity contribution < 1.29 is 19.0 Å². The molecule has 0 atom stereocenters. The van der Waals surface area contributed by atoms with Crippen molar-refractivity contribution in [3.8, 4) is 23.5 Å². The number of amides is 1. The first-order chi connectivity index (χ1) is 9.62. The van der Waals surface area contributed by atoms with Crippen molar-refractivity contribution in [2.75, 3.05) is 14.2 Å². The zero-order chi connectivity index (χ0) is 14.5. The molecule has 2 aromatic rings. The summed E-state index contributed by atoms with van der Waals surface area (Å²) in [6.07, 6.45) is 0. The zero-order valence-corrected chi connectivity index (χ0v) is 11.0. The van der Waals surface area contributed by atoms with Crippen molar-refractivity contribution in [1.82, 2.24) is 9.97 Å². The van der Waals surface area contributed by atoms with Gasteiger partial charge in [-0.05, 0) is 18.2 Å². The van der Waals surface area contributed by atoms with Crippen LogP contribution >= 0.6 is 0 Å². The van der Waals surface area contributed by atoms with Gasteiger partial charge in [-0.15, -0.1) is 0 Å². The molecule has 0 fully saturated rings. The molecule has 20 heavy (non-hydrogen) atoms. The fourth-order valence-electron chi connectivity index (χ4n) is 1.46. The summed E-state index contributed by atoms with van der Waals surface area (Å²) < 4.78 is 15.5. The lowest BCUT2D eigenvalue weighted by atomic mass is 10.2. The number of hydrogen-bond donors (Lipinski definition) is 1. The predicted molar refractivity (Wildman–Crippen MR) is 70.2 cm³/mol. The van der Waals surface area contributed by atoms with Gasteiger partial charge in [0.05, 0.1) is 20.3 Å². The Hall–Kier alpha value is -2.83. The van der Waals surface area contributed by atoms with E-state index in [2.05, 4.69) is 9.97 Å². The van der Waals surface area contributed by atoms with Crippen LogP contribution in [0.3, 0.4) is 0 Å². The lowest BCUT2D eigenvalue weighted by Crippen LogP contribution is -2.10. The maximum atomic E-state index is 11.1. The van der Waals surface area contributed by atoms with Crippen molar-refractivity contribution in [1.29, 1.82) is 0 Å². The van der Waals surface area contributed by atoms with Crippen LogP contribution in [0.2, 0.25) is 0 Å². The van der Waals surface area contributed by atoms with Crippen molar-refractivity contribution in [3.05, 3.63) is 35.9 Å². The molecule has 1 amide bonds. The van der Waals surface area contributed by atoms with Gasteiger partial charge in [0, 0.05) is 5.56 Å². The van der Waals surface area contributed by atoms with E-state index in [4.69, 9.17) is 19.9 Å². The summed E-state index contributed by atoms with van der Waals surface area (Å²) in [7, 11) is 2.94. The molecule has 0 radical (unpaired) electrons. The predicted octanol–water partition coefficient (Wildman–Crippen LogP) is 1.39. The molecule has 0 aliphatic rings. The SMILES string of the molecule is COc1cc(OC)nc(Oc2cccc(C(N)=O)c2)n1. The molecule has 2 N–H and O–H groups in total. The second-order valence-electron chi connectivity index (χ2n) is 3.73. The van der Waals surface area contributed by atoms with Gasteiger partial charge in [0.25, 0.3) is 0 Å². The largest absolute Gasteiger partial charge is 0.481 e. The Kier molecular flexibility index (Phi) is 3.99. The molecule has 2 rings (SSSR count). The van der Waals surface area contributed by atoms with Crippen molar-refractivity contribution >= 4 is 5.91 Å². The first kappa shape index (κ1) is 13.6. The topological polar surface area (TPSA) is 96.6 Å². The van der Waals surface area contributed by atoms with E-state index in [1.807, 2.05) is 0 Å². The molecule has 0 saturated carbocycles. The molecule has 1 aromatic carbocycles. The van der Waals surface area contributed by atoms with Gasteiger partial charge in [0.15, 0.2) is 0 Å². The summed E-state index contributed by atoms with van der Waals surface area (Å²) in [5.41, 5.74) is 5.53. The monoisotopic (exact) mass is 275 g/mol. The fourth-order valence-corrected chi connectivity index (χ4v) is 1.46. The number of rotatable bonds is 5. The van der Waals surface area contributed by atoms with Crippen LogP contribution in [0, 0.1) is 0 Å². The van der Waals surface area contributed by atoms with Crippen LogP contribution in [0.4, 0.5) is 0 Å². The number of ether oxygens (including phenoxy) is 3. The van der Waals surface area contributed by atoms with E-state index in [-0.39, 0.29) is 6.01 Å². The van der Waals surface area contributed by atoms with Crippen LogP contribution in [-0.2, 0) is 0 Å². The summed E-state index contributed by atoms with van der Waals surface area (Å²) in [6, 6.07) is 7.95. The van der Waals surface area contributed by atoms with Crippen LogP contribution in [0.15, 0.2) is 30.3 Å². The van der Waals surface area contributed by atoms with E-state index < -0.39 is 5.91 Å². The average Bonchev–Trinajstić information content (AvgIpc) is 2.47. The molecule has 104 valence electrons. The van der Waals surface area contributed by atoms with Crippen LogP contribution in [0.1, 0.15) is 10.4 Å². The van der Waals surface area contributed by atoms with Crippen LogP contribution < -0.4 is 19.9 Å². The zero-order valence-electron chi connectivity index (χ0n) is 11.0. The molecule has 7 heteroatoms.